The maximum atomic E-state index is 4.53. The highest BCUT2D eigenvalue weighted by molar-refractivity contribution is 7.05. The number of rotatable bonds is 3. The van der Waals surface area contributed by atoms with Crippen LogP contribution in [0.2, 0.25) is 0 Å². The van der Waals surface area contributed by atoms with Crippen LogP contribution in [-0.2, 0) is 6.54 Å². The van der Waals surface area contributed by atoms with Gasteiger partial charge < -0.3 is 4.57 Å². The van der Waals surface area contributed by atoms with Gasteiger partial charge in [-0.3, -0.25) is 0 Å². The zero-order valence-electron chi connectivity index (χ0n) is 15.2. The van der Waals surface area contributed by atoms with Crippen molar-refractivity contribution >= 4 is 22.7 Å². The Labute approximate surface area is 143 Å². The summed E-state index contributed by atoms with van der Waals surface area (Å²) in [4.78, 5) is 14.7. The van der Waals surface area contributed by atoms with E-state index in [4.69, 9.17) is 0 Å². The highest BCUT2D eigenvalue weighted by Gasteiger charge is 2.14. The summed E-state index contributed by atoms with van der Waals surface area (Å²) in [7, 11) is 0. The van der Waals surface area contributed by atoms with Crippen molar-refractivity contribution in [2.24, 2.45) is 0 Å². The first-order valence-corrected chi connectivity index (χ1v) is 9.01. The molecule has 23 heavy (non-hydrogen) atoms. The van der Waals surface area contributed by atoms with Gasteiger partial charge in [0, 0.05) is 11.1 Å². The van der Waals surface area contributed by atoms with Crippen LogP contribution in [0.4, 0.5) is 0 Å². The van der Waals surface area contributed by atoms with Gasteiger partial charge in [0.1, 0.15) is 11.3 Å². The van der Waals surface area contributed by atoms with Gasteiger partial charge in [0.25, 0.3) is 0 Å². The molecule has 0 spiro atoms. The summed E-state index contributed by atoms with van der Waals surface area (Å²) < 4.78 is 6.18. The molecule has 0 radical (unpaired) electrons. The summed E-state index contributed by atoms with van der Waals surface area (Å²) in [5.41, 5.74) is 2.83. The van der Waals surface area contributed by atoms with Gasteiger partial charge in [0.2, 0.25) is 0 Å². The van der Waals surface area contributed by atoms with E-state index in [2.05, 4.69) is 37.7 Å². The van der Waals surface area contributed by atoms with Crippen LogP contribution in [-0.4, -0.2) is 23.9 Å². The molecule has 3 aromatic rings. The lowest BCUT2D eigenvalue weighted by Gasteiger charge is -2.07. The Morgan fingerprint density at radius 3 is 2.39 bits per heavy atom. The molecule has 0 aliphatic heterocycles. The minimum Gasteiger partial charge on any atom is -0.310 e. The van der Waals surface area contributed by atoms with E-state index in [1.165, 1.54) is 16.4 Å². The molecule has 0 amide bonds. The number of fused-ring (bicyclic) bond motifs is 1. The van der Waals surface area contributed by atoms with Crippen molar-refractivity contribution in [3.63, 3.8) is 0 Å². The summed E-state index contributed by atoms with van der Waals surface area (Å²) in [6, 6.07) is 2.02. The first-order valence-electron chi connectivity index (χ1n) is 8.24. The van der Waals surface area contributed by atoms with Crippen LogP contribution in [0.25, 0.3) is 11.2 Å². The lowest BCUT2D eigenvalue weighted by Crippen LogP contribution is -2.03. The van der Waals surface area contributed by atoms with Crippen molar-refractivity contribution in [3.05, 3.63) is 35.0 Å². The topological polar surface area (TPSA) is 56.5 Å². The van der Waals surface area contributed by atoms with Crippen LogP contribution in [0, 0.1) is 6.92 Å². The van der Waals surface area contributed by atoms with Crippen LogP contribution in [0.3, 0.4) is 0 Å². The number of hydrogen-bond acceptors (Lipinski definition) is 5. The number of nitrogens with zero attached hydrogens (tertiary/aromatic N) is 5. The van der Waals surface area contributed by atoms with Crippen LogP contribution in [0.1, 0.15) is 63.9 Å². The van der Waals surface area contributed by atoms with Crippen LogP contribution < -0.4 is 0 Å². The first kappa shape index (κ1) is 19.2. The number of aryl methyl sites for hydroxylation is 1. The fourth-order valence-corrected chi connectivity index (χ4v) is 2.66. The molecule has 0 N–H and O–H groups in total. The minimum atomic E-state index is 0.343. The highest BCUT2D eigenvalue weighted by atomic mass is 32.1. The zero-order chi connectivity index (χ0) is 17.4. The molecule has 3 heterocycles. The highest BCUT2D eigenvalue weighted by Crippen LogP contribution is 2.22. The van der Waals surface area contributed by atoms with Crippen LogP contribution in [0.15, 0.2) is 18.6 Å². The Bertz CT molecular complexity index is 701. The monoisotopic (exact) mass is 333 g/mol. The third kappa shape index (κ3) is 4.58. The molecular weight excluding hydrogens is 306 g/mol. The van der Waals surface area contributed by atoms with Gasteiger partial charge in [0.05, 0.1) is 18.6 Å². The van der Waals surface area contributed by atoms with Crippen molar-refractivity contribution in [3.8, 4) is 0 Å². The molecule has 126 valence electrons. The Hall–Kier alpha value is -1.82. The Morgan fingerprint density at radius 1 is 1.13 bits per heavy atom. The van der Waals surface area contributed by atoms with Crippen molar-refractivity contribution < 1.29 is 0 Å². The van der Waals surface area contributed by atoms with E-state index in [0.29, 0.717) is 5.92 Å². The summed E-state index contributed by atoms with van der Waals surface area (Å²) >= 11 is 1.50. The fraction of sp³-hybridized carbons (Fsp3) is 0.529. The lowest BCUT2D eigenvalue weighted by atomic mass is 10.1. The third-order valence-electron chi connectivity index (χ3n) is 2.97. The molecule has 0 aliphatic rings. The van der Waals surface area contributed by atoms with Gasteiger partial charge in [0.15, 0.2) is 5.65 Å². The molecule has 6 heteroatoms. The van der Waals surface area contributed by atoms with E-state index < -0.39 is 0 Å². The molecule has 0 aromatic carbocycles. The van der Waals surface area contributed by atoms with Crippen molar-refractivity contribution in [1.29, 1.82) is 0 Å². The van der Waals surface area contributed by atoms with E-state index >= 15 is 0 Å². The van der Waals surface area contributed by atoms with Crippen LogP contribution in [0.5, 0.6) is 0 Å². The number of imidazole rings is 1. The predicted molar refractivity (Wildman–Crippen MR) is 98.1 cm³/mol. The van der Waals surface area contributed by atoms with Crippen molar-refractivity contribution in [2.75, 3.05) is 0 Å². The SMILES string of the molecule is CC.CC.Cc1nc(C(C)C)c2ncn(Cc3ccns3)c2n1. The van der Waals surface area contributed by atoms with E-state index in [1.54, 1.807) is 0 Å². The van der Waals surface area contributed by atoms with Gasteiger partial charge in [-0.1, -0.05) is 41.5 Å². The Balaban J connectivity index is 0.000000615. The summed E-state index contributed by atoms with van der Waals surface area (Å²) in [5.74, 6) is 1.14. The van der Waals surface area contributed by atoms with E-state index in [9.17, 15) is 0 Å². The average molecular weight is 334 g/mol. The van der Waals surface area contributed by atoms with E-state index in [-0.39, 0.29) is 0 Å². The second-order valence-corrected chi connectivity index (χ2v) is 5.75. The molecule has 5 nitrogen and oxygen atoms in total. The largest absolute Gasteiger partial charge is 0.310 e. The Morgan fingerprint density at radius 2 is 1.83 bits per heavy atom. The van der Waals surface area contributed by atoms with Crippen molar-refractivity contribution in [2.45, 2.75) is 60.9 Å². The molecule has 0 aliphatic carbocycles. The molecule has 3 rings (SSSR count). The molecular formula is C17H27N5S. The average Bonchev–Trinajstić information content (AvgIpc) is 3.21. The fourth-order valence-electron chi connectivity index (χ4n) is 2.09. The summed E-state index contributed by atoms with van der Waals surface area (Å²) in [6.45, 7) is 14.9. The standard InChI is InChI=1S/C13H15N5S.2C2H6/c1-8(2)11-12-13(17-9(3)16-11)18(7-14-12)6-10-4-5-15-19-10;2*1-2/h4-5,7-8H,6H2,1-3H3;2*1-2H3. The maximum Gasteiger partial charge on any atom is 0.164 e. The zero-order valence-corrected chi connectivity index (χ0v) is 16.0. The number of aromatic nitrogens is 5. The summed E-state index contributed by atoms with van der Waals surface area (Å²) in [6.07, 6.45) is 3.66. The Kier molecular flexibility index (Phi) is 7.81. The molecule has 0 unspecified atom stereocenters. The number of hydrogen-bond donors (Lipinski definition) is 0. The van der Waals surface area contributed by atoms with Gasteiger partial charge >= 0.3 is 0 Å². The molecule has 0 atom stereocenters. The smallest absolute Gasteiger partial charge is 0.164 e. The van der Waals surface area contributed by atoms with Gasteiger partial charge in [-0.2, -0.15) is 0 Å². The lowest BCUT2D eigenvalue weighted by molar-refractivity contribution is 0.801. The van der Waals surface area contributed by atoms with E-state index in [0.717, 1.165) is 29.2 Å². The second kappa shape index (κ2) is 9.35. The molecule has 3 aromatic heterocycles. The van der Waals surface area contributed by atoms with Crippen molar-refractivity contribution in [1.82, 2.24) is 23.9 Å². The van der Waals surface area contributed by atoms with E-state index in [1.807, 2.05) is 53.2 Å². The third-order valence-corrected chi connectivity index (χ3v) is 3.69. The molecule has 0 saturated heterocycles. The quantitative estimate of drug-likeness (QED) is 0.690. The molecule has 0 bridgehead atoms. The normalized spacial score (nSPS) is 10.1. The van der Waals surface area contributed by atoms with Crippen LogP contribution >= 0.6 is 11.5 Å². The summed E-state index contributed by atoms with van der Waals surface area (Å²) in [5, 5.41) is 0. The van der Waals surface area contributed by atoms with Gasteiger partial charge in [-0.05, 0) is 30.4 Å². The molecule has 0 fully saturated rings. The maximum absolute atomic E-state index is 4.53. The second-order valence-electron chi connectivity index (χ2n) is 4.83. The predicted octanol–water partition coefficient (Wildman–Crippen LogP) is 4.82. The first-order chi connectivity index (χ1) is 11.1. The molecule has 0 saturated carbocycles. The minimum absolute atomic E-state index is 0.343. The van der Waals surface area contributed by atoms with Gasteiger partial charge in [-0.15, -0.1) is 0 Å². The van der Waals surface area contributed by atoms with Gasteiger partial charge in [-0.25, -0.2) is 19.3 Å².